The summed E-state index contributed by atoms with van der Waals surface area (Å²) in [7, 11) is 1.71. The Hall–Kier alpha value is -2.56. The van der Waals surface area contributed by atoms with Crippen LogP contribution in [-0.4, -0.2) is 23.2 Å². The van der Waals surface area contributed by atoms with Crippen molar-refractivity contribution < 1.29 is 4.74 Å². The predicted molar refractivity (Wildman–Crippen MR) is 95.9 cm³/mol. The van der Waals surface area contributed by atoms with E-state index in [9.17, 15) is 0 Å². The molecule has 1 atom stereocenters. The highest BCUT2D eigenvalue weighted by Gasteiger charge is 2.15. The molecular weight excluding hydrogens is 302 g/mol. The molecular formula is C18H21N5O. The summed E-state index contributed by atoms with van der Waals surface area (Å²) in [5, 5.41) is 6.08. The highest BCUT2D eigenvalue weighted by Crippen LogP contribution is 2.33. The van der Waals surface area contributed by atoms with E-state index in [2.05, 4.69) is 50.8 Å². The zero-order valence-electron chi connectivity index (χ0n) is 14.0. The van der Waals surface area contributed by atoms with Crippen molar-refractivity contribution in [1.29, 1.82) is 0 Å². The number of ether oxygens (including phenoxy) is 1. The largest absolute Gasteiger partial charge is 0.380 e. The first-order chi connectivity index (χ1) is 11.8. The molecule has 0 fully saturated rings. The Labute approximate surface area is 140 Å². The lowest BCUT2D eigenvalue weighted by Crippen LogP contribution is -2.05. The Morgan fingerprint density at radius 3 is 2.92 bits per heavy atom. The van der Waals surface area contributed by atoms with Crippen LogP contribution in [0.25, 0.3) is 32.2 Å². The van der Waals surface area contributed by atoms with Crippen LogP contribution < -0.4 is 0 Å². The fourth-order valence-corrected chi connectivity index (χ4v) is 3.30. The van der Waals surface area contributed by atoms with Gasteiger partial charge in [0.15, 0.2) is 0 Å². The smallest absolute Gasteiger partial charge is 0.0713 e. The Morgan fingerprint density at radius 1 is 1.29 bits per heavy atom. The Balaban J connectivity index is 2.07. The van der Waals surface area contributed by atoms with Crippen molar-refractivity contribution in [1.82, 2.24) is 9.55 Å². The van der Waals surface area contributed by atoms with Gasteiger partial charge in [0.05, 0.1) is 18.3 Å². The van der Waals surface area contributed by atoms with E-state index in [0.717, 1.165) is 23.9 Å². The summed E-state index contributed by atoms with van der Waals surface area (Å²) < 4.78 is 7.62. The van der Waals surface area contributed by atoms with Crippen molar-refractivity contribution in [3.05, 3.63) is 52.7 Å². The van der Waals surface area contributed by atoms with Crippen LogP contribution in [0.5, 0.6) is 0 Å². The van der Waals surface area contributed by atoms with E-state index in [1.54, 1.807) is 7.11 Å². The van der Waals surface area contributed by atoms with Gasteiger partial charge in [-0.2, -0.15) is 0 Å². The number of aromatic nitrogens is 2. The van der Waals surface area contributed by atoms with Crippen molar-refractivity contribution in [2.75, 3.05) is 13.7 Å². The number of methoxy groups -OCH3 is 1. The van der Waals surface area contributed by atoms with Gasteiger partial charge in [-0.1, -0.05) is 17.2 Å². The van der Waals surface area contributed by atoms with Crippen molar-refractivity contribution in [2.24, 2.45) is 5.11 Å². The molecule has 6 heteroatoms. The molecule has 0 bridgehead atoms. The first-order valence-electron chi connectivity index (χ1n) is 8.12. The van der Waals surface area contributed by atoms with Gasteiger partial charge < -0.3 is 9.30 Å². The Bertz CT molecular complexity index is 895. The molecule has 1 aromatic carbocycles. The summed E-state index contributed by atoms with van der Waals surface area (Å²) in [4.78, 5) is 7.13. The number of hydrogen-bond donors (Lipinski definition) is 0. The van der Waals surface area contributed by atoms with Crippen molar-refractivity contribution in [3.8, 4) is 0 Å². The molecule has 1 unspecified atom stereocenters. The van der Waals surface area contributed by atoms with Crippen LogP contribution in [0.1, 0.15) is 31.4 Å². The van der Waals surface area contributed by atoms with Gasteiger partial charge in [-0.3, -0.25) is 4.98 Å². The molecule has 0 saturated carbocycles. The molecule has 0 spiro atoms. The zero-order valence-corrected chi connectivity index (χ0v) is 14.0. The van der Waals surface area contributed by atoms with E-state index < -0.39 is 0 Å². The van der Waals surface area contributed by atoms with E-state index in [1.807, 2.05) is 12.4 Å². The molecule has 3 rings (SSSR count). The van der Waals surface area contributed by atoms with Crippen molar-refractivity contribution in [3.63, 3.8) is 0 Å². The minimum atomic E-state index is 0.292. The summed E-state index contributed by atoms with van der Waals surface area (Å²) in [6.45, 7) is 3.33. The first-order valence-corrected chi connectivity index (χ1v) is 8.12. The second-order valence-electron chi connectivity index (χ2n) is 5.99. The summed E-state index contributed by atoms with van der Waals surface area (Å²) in [6.07, 6.45) is 5.57. The van der Waals surface area contributed by atoms with E-state index in [0.29, 0.717) is 19.2 Å². The van der Waals surface area contributed by atoms with Gasteiger partial charge in [0.25, 0.3) is 0 Å². The maximum Gasteiger partial charge on any atom is 0.0713 e. The molecule has 24 heavy (non-hydrogen) atoms. The average Bonchev–Trinajstić information content (AvgIpc) is 2.92. The van der Waals surface area contributed by atoms with Crippen LogP contribution in [0, 0.1) is 0 Å². The average molecular weight is 323 g/mol. The molecule has 6 nitrogen and oxygen atoms in total. The molecule has 0 radical (unpaired) electrons. The summed E-state index contributed by atoms with van der Waals surface area (Å²) in [5.74, 6) is 0. The molecule has 3 aromatic rings. The van der Waals surface area contributed by atoms with Crippen LogP contribution in [0.3, 0.4) is 0 Å². The number of hydrogen-bond acceptors (Lipinski definition) is 3. The minimum absolute atomic E-state index is 0.292. The molecule has 0 saturated heterocycles. The Morgan fingerprint density at radius 2 is 2.12 bits per heavy atom. The van der Waals surface area contributed by atoms with Crippen molar-refractivity contribution in [2.45, 2.75) is 32.4 Å². The van der Waals surface area contributed by atoms with Gasteiger partial charge in [-0.05, 0) is 43.0 Å². The molecule has 2 heterocycles. The van der Waals surface area contributed by atoms with E-state index in [4.69, 9.17) is 10.3 Å². The number of nitrogens with zero attached hydrogens (tertiary/aromatic N) is 5. The molecule has 124 valence electrons. The third-order valence-corrected chi connectivity index (χ3v) is 4.37. The highest BCUT2D eigenvalue weighted by atomic mass is 16.5. The fourth-order valence-electron chi connectivity index (χ4n) is 3.30. The van der Waals surface area contributed by atoms with Gasteiger partial charge in [0, 0.05) is 47.1 Å². The number of benzene rings is 1. The lowest BCUT2D eigenvalue weighted by Gasteiger charge is -2.16. The second-order valence-corrected chi connectivity index (χ2v) is 5.99. The lowest BCUT2D eigenvalue weighted by molar-refractivity contribution is 0.185. The molecule has 0 aliphatic carbocycles. The van der Waals surface area contributed by atoms with Crippen molar-refractivity contribution >= 4 is 21.8 Å². The lowest BCUT2D eigenvalue weighted by atomic mass is 10.1. The monoisotopic (exact) mass is 323 g/mol. The maximum atomic E-state index is 8.41. The van der Waals surface area contributed by atoms with Crippen LogP contribution >= 0.6 is 0 Å². The predicted octanol–water partition coefficient (Wildman–Crippen LogP) is 4.99. The summed E-state index contributed by atoms with van der Waals surface area (Å²) >= 11 is 0. The third-order valence-electron chi connectivity index (χ3n) is 4.37. The van der Waals surface area contributed by atoms with Gasteiger partial charge >= 0.3 is 0 Å². The minimum Gasteiger partial charge on any atom is -0.380 e. The highest BCUT2D eigenvalue weighted by molar-refractivity contribution is 6.08. The number of azide groups is 1. The van der Waals surface area contributed by atoms with Gasteiger partial charge in [-0.25, -0.2) is 0 Å². The Kier molecular flexibility index (Phi) is 4.99. The van der Waals surface area contributed by atoms with Crippen LogP contribution in [0.15, 0.2) is 41.8 Å². The quantitative estimate of drug-likeness (QED) is 0.266. The number of fused-ring (bicyclic) bond motifs is 3. The zero-order chi connectivity index (χ0) is 16.9. The first kappa shape index (κ1) is 16.3. The number of rotatable bonds is 7. The van der Waals surface area contributed by atoms with E-state index >= 15 is 0 Å². The van der Waals surface area contributed by atoms with Gasteiger partial charge in [-0.15, -0.1) is 0 Å². The van der Waals surface area contributed by atoms with Crippen LogP contribution in [0.4, 0.5) is 0 Å². The molecule has 0 aliphatic heterocycles. The standard InChI is InChI=1S/C18H21N5O/c1-13(4-3-8-21-22-19)23-17-10-14(12-24-2)5-6-15(17)16-7-9-20-11-18(16)23/h5-7,9-11,13H,3-4,8,12H2,1-2H3. The molecule has 0 amide bonds. The van der Waals surface area contributed by atoms with E-state index in [1.165, 1.54) is 16.3 Å². The maximum absolute atomic E-state index is 8.41. The van der Waals surface area contributed by atoms with E-state index in [-0.39, 0.29) is 0 Å². The van der Waals surface area contributed by atoms with Crippen LogP contribution in [0.2, 0.25) is 0 Å². The van der Waals surface area contributed by atoms with Crippen LogP contribution in [-0.2, 0) is 11.3 Å². The van der Waals surface area contributed by atoms with Gasteiger partial charge in [0.2, 0.25) is 0 Å². The molecule has 0 aliphatic rings. The molecule has 0 N–H and O–H groups in total. The summed E-state index contributed by atoms with van der Waals surface area (Å²) in [6, 6.07) is 8.83. The number of pyridine rings is 1. The summed E-state index contributed by atoms with van der Waals surface area (Å²) in [5.41, 5.74) is 11.9. The third kappa shape index (κ3) is 3.07. The fraction of sp³-hybridized carbons (Fsp3) is 0.389. The van der Waals surface area contributed by atoms with Gasteiger partial charge in [0.1, 0.15) is 0 Å². The SMILES string of the molecule is COCc1ccc2c3ccncc3n(C(C)CCCN=[N+]=[N-])c2c1. The second kappa shape index (κ2) is 7.34. The topological polar surface area (TPSA) is 75.8 Å². The normalized spacial score (nSPS) is 12.4. The molecule has 2 aromatic heterocycles.